The summed E-state index contributed by atoms with van der Waals surface area (Å²) in [5, 5.41) is 0. The summed E-state index contributed by atoms with van der Waals surface area (Å²) < 4.78 is 13.0. The Morgan fingerprint density at radius 3 is 1.50 bits per heavy atom. The molecule has 0 aromatic heterocycles. The minimum atomic E-state index is -4.18. The van der Waals surface area contributed by atoms with Crippen molar-refractivity contribution in [2.45, 2.75) is 0 Å². The first-order chi connectivity index (χ1) is 2.56. The van der Waals surface area contributed by atoms with Gasteiger partial charge in [0.15, 0.2) is 0 Å². The van der Waals surface area contributed by atoms with Crippen LogP contribution in [0.5, 0.6) is 0 Å². The van der Waals surface area contributed by atoms with Gasteiger partial charge >= 0.3 is 66.9 Å². The van der Waals surface area contributed by atoms with Crippen molar-refractivity contribution >= 4 is 76.4 Å². The molecule has 1 atom stereocenters. The van der Waals surface area contributed by atoms with Crippen LogP contribution in [0.25, 0.3) is 0 Å². The van der Waals surface area contributed by atoms with Gasteiger partial charge in [0, 0.05) is 9.47 Å². The van der Waals surface area contributed by atoms with E-state index in [-0.39, 0.29) is 59.1 Å². The van der Waals surface area contributed by atoms with Crippen molar-refractivity contribution in [3.8, 4) is 0 Å². The molecule has 1 unspecified atom stereocenters. The van der Waals surface area contributed by atoms with Gasteiger partial charge in [0.1, 0.15) is 0 Å². The molecule has 4 nitrogen and oxygen atoms in total. The Morgan fingerprint density at radius 1 is 1.38 bits per heavy atom. The monoisotopic (exact) mass is 178 g/mol. The van der Waals surface area contributed by atoms with Crippen molar-refractivity contribution in [1.29, 1.82) is 0 Å². The van der Waals surface area contributed by atoms with Crippen LogP contribution in [0.2, 0.25) is 0 Å². The van der Waals surface area contributed by atoms with Gasteiger partial charge < -0.3 is 9.79 Å². The molecular formula is H6Na2O4P2. The van der Waals surface area contributed by atoms with Crippen molar-refractivity contribution in [1.82, 2.24) is 0 Å². The van der Waals surface area contributed by atoms with Crippen molar-refractivity contribution in [3.63, 3.8) is 0 Å². The van der Waals surface area contributed by atoms with E-state index in [9.17, 15) is 4.57 Å². The van der Waals surface area contributed by atoms with E-state index in [1.807, 2.05) is 0 Å². The second kappa shape index (κ2) is 7.64. The van der Waals surface area contributed by atoms with Crippen LogP contribution in [-0.2, 0) is 8.88 Å². The van der Waals surface area contributed by atoms with Crippen LogP contribution in [0.4, 0.5) is 0 Å². The van der Waals surface area contributed by atoms with Crippen LogP contribution in [0, 0.1) is 0 Å². The topological polar surface area (TPSA) is 66.8 Å². The summed E-state index contributed by atoms with van der Waals surface area (Å²) in [5.41, 5.74) is 0. The first-order valence-corrected chi connectivity index (χ1v) is 3.00. The molecule has 0 spiro atoms. The van der Waals surface area contributed by atoms with E-state index in [1.165, 1.54) is 9.47 Å². The number of phosphoric acid groups is 1. The Labute approximate surface area is 93.9 Å². The summed E-state index contributed by atoms with van der Waals surface area (Å²) in [5.74, 6) is 0. The fourth-order valence-corrected chi connectivity index (χ4v) is 0. The molecule has 0 heterocycles. The van der Waals surface area contributed by atoms with Crippen LogP contribution in [0.3, 0.4) is 0 Å². The van der Waals surface area contributed by atoms with Gasteiger partial charge in [-0.05, 0) is 0 Å². The molecule has 0 aliphatic rings. The van der Waals surface area contributed by atoms with Crippen LogP contribution in [0.1, 0.15) is 0 Å². The fraction of sp³-hybridized carbons (Fsp3) is 0. The Kier molecular flexibility index (Phi) is 16.1. The molecule has 0 saturated carbocycles. The van der Waals surface area contributed by atoms with Crippen LogP contribution in [0.15, 0.2) is 0 Å². The Hall–Kier alpha value is 2.54. The summed E-state index contributed by atoms with van der Waals surface area (Å²) in [4.78, 5) is 15.4. The van der Waals surface area contributed by atoms with Gasteiger partial charge in [-0.1, -0.05) is 0 Å². The molecule has 0 rings (SSSR count). The van der Waals surface area contributed by atoms with E-state index in [2.05, 4.69) is 4.31 Å². The van der Waals surface area contributed by atoms with Crippen LogP contribution < -0.4 is 0 Å². The van der Waals surface area contributed by atoms with Crippen LogP contribution in [-0.4, -0.2) is 68.9 Å². The summed E-state index contributed by atoms with van der Waals surface area (Å²) in [6, 6.07) is 0. The number of hydrogen-bond donors (Lipinski definition) is 2. The van der Waals surface area contributed by atoms with Crippen LogP contribution >= 0.6 is 17.3 Å². The molecule has 42 valence electrons. The van der Waals surface area contributed by atoms with Gasteiger partial charge in [0.2, 0.25) is 0 Å². The third kappa shape index (κ3) is 15.8. The quantitative estimate of drug-likeness (QED) is 0.382. The Balaban J connectivity index is -0.000000125. The van der Waals surface area contributed by atoms with E-state index in [0.29, 0.717) is 0 Å². The summed E-state index contributed by atoms with van der Waals surface area (Å²) in [7, 11) is -2.72. The molecule has 0 aliphatic heterocycles. The molecule has 0 fully saturated rings. The van der Waals surface area contributed by atoms with E-state index >= 15 is 0 Å². The first kappa shape index (κ1) is 16.9. The standard InChI is InChI=1S/2Na.H4O4P2.2H/c;;1-6(2,3)4-5;;/h;;5H2,(H2,1,2,3);;. The molecule has 0 saturated heterocycles. The predicted molar refractivity (Wildman–Crippen MR) is 37.1 cm³/mol. The molecule has 0 amide bonds. The molecule has 0 aliphatic carbocycles. The zero-order chi connectivity index (χ0) is 5.21. The van der Waals surface area contributed by atoms with Crippen molar-refractivity contribution in [3.05, 3.63) is 0 Å². The second-order valence-electron chi connectivity index (χ2n) is 0.596. The Bertz CT molecular complexity index is 76.1. The summed E-state index contributed by atoms with van der Waals surface area (Å²) in [6.07, 6.45) is 0. The third-order valence-electron chi connectivity index (χ3n) is 0.137. The zero-order valence-electron chi connectivity index (χ0n) is 2.74. The molecule has 8 heteroatoms. The van der Waals surface area contributed by atoms with Gasteiger partial charge in [-0.2, -0.15) is 0 Å². The van der Waals surface area contributed by atoms with E-state index in [0.717, 1.165) is 0 Å². The summed E-state index contributed by atoms with van der Waals surface area (Å²) in [6.45, 7) is 0. The first-order valence-electron chi connectivity index (χ1n) is 1.00. The maximum absolute atomic E-state index is 9.45. The molecule has 0 radical (unpaired) electrons. The molecule has 2 N–H and O–H groups in total. The van der Waals surface area contributed by atoms with E-state index < -0.39 is 7.82 Å². The molecular weight excluding hydrogens is 172 g/mol. The van der Waals surface area contributed by atoms with E-state index in [1.54, 1.807) is 0 Å². The van der Waals surface area contributed by atoms with Gasteiger partial charge in [0.05, 0.1) is 0 Å². The molecule has 0 bridgehead atoms. The normalized spacial score (nSPS) is 8.88. The molecule has 0 aromatic carbocycles. The van der Waals surface area contributed by atoms with Crippen molar-refractivity contribution in [2.24, 2.45) is 0 Å². The average Bonchev–Trinajstić information content (AvgIpc) is 1.35. The average molecular weight is 178 g/mol. The number of hydrogen-bond acceptors (Lipinski definition) is 2. The molecule has 8 heavy (non-hydrogen) atoms. The minimum absolute atomic E-state index is 0. The second-order valence-corrected chi connectivity index (χ2v) is 2.42. The maximum atomic E-state index is 9.45. The van der Waals surface area contributed by atoms with E-state index in [4.69, 9.17) is 9.79 Å². The third-order valence-corrected chi connectivity index (χ3v) is 1.24. The van der Waals surface area contributed by atoms with Crippen molar-refractivity contribution < 1.29 is 18.7 Å². The molecule has 0 aromatic rings. The predicted octanol–water partition coefficient (Wildman–Crippen LogP) is -1.41. The zero-order valence-corrected chi connectivity index (χ0v) is 4.78. The Morgan fingerprint density at radius 2 is 1.50 bits per heavy atom. The van der Waals surface area contributed by atoms with Gasteiger partial charge in [-0.3, -0.25) is 4.31 Å². The van der Waals surface area contributed by atoms with Gasteiger partial charge in [-0.25, -0.2) is 4.57 Å². The SMILES string of the molecule is O=P(O)(O)OP.[NaH].[NaH]. The number of rotatable bonds is 1. The van der Waals surface area contributed by atoms with Gasteiger partial charge in [-0.15, -0.1) is 0 Å². The van der Waals surface area contributed by atoms with Crippen molar-refractivity contribution in [2.75, 3.05) is 0 Å². The fourth-order valence-electron chi connectivity index (χ4n) is 0. The van der Waals surface area contributed by atoms with Gasteiger partial charge in [0.25, 0.3) is 0 Å². The summed E-state index contributed by atoms with van der Waals surface area (Å²) >= 11 is 0.